The molecule has 0 aromatic carbocycles. The summed E-state index contributed by atoms with van der Waals surface area (Å²) < 4.78 is 0. The number of hydrazine groups is 5. The van der Waals surface area contributed by atoms with E-state index in [9.17, 15) is 9.59 Å². The van der Waals surface area contributed by atoms with Crippen molar-refractivity contribution in [3.05, 3.63) is 0 Å². The Bertz CT molecular complexity index is 354. The van der Waals surface area contributed by atoms with E-state index in [1.807, 2.05) is 5.43 Å². The fourth-order valence-electron chi connectivity index (χ4n) is 3.04. The van der Waals surface area contributed by atoms with Crippen LogP contribution in [0.4, 0.5) is 4.79 Å². The zero-order chi connectivity index (χ0) is 21.4. The van der Waals surface area contributed by atoms with Crippen molar-refractivity contribution in [1.82, 2.24) is 33.0 Å². The van der Waals surface area contributed by atoms with E-state index in [0.717, 1.165) is 25.8 Å². The molecule has 0 bridgehead atoms. The summed E-state index contributed by atoms with van der Waals surface area (Å²) >= 11 is 0. The minimum Gasteiger partial charge on any atom is -0.481 e. The van der Waals surface area contributed by atoms with Crippen LogP contribution < -0.4 is 33.0 Å². The third-order valence-electron chi connectivity index (χ3n) is 4.64. The molecule has 10 heteroatoms. The molecule has 0 fully saturated rings. The van der Waals surface area contributed by atoms with Gasteiger partial charge in [0, 0.05) is 13.0 Å². The number of hydrogen-bond donors (Lipinski definition) is 8. The van der Waals surface area contributed by atoms with E-state index in [2.05, 4.69) is 27.6 Å². The summed E-state index contributed by atoms with van der Waals surface area (Å²) in [5.74, 6) is -0.677. The van der Waals surface area contributed by atoms with Crippen molar-refractivity contribution in [1.29, 1.82) is 0 Å². The Morgan fingerprint density at radius 1 is 0.517 bits per heavy atom. The van der Waals surface area contributed by atoms with Gasteiger partial charge in [-0.05, 0) is 12.8 Å². The van der Waals surface area contributed by atoms with E-state index in [-0.39, 0.29) is 0 Å². The summed E-state index contributed by atoms with van der Waals surface area (Å²) in [4.78, 5) is 20.5. The van der Waals surface area contributed by atoms with Gasteiger partial charge in [-0.15, -0.1) is 0 Å². The van der Waals surface area contributed by atoms with Crippen molar-refractivity contribution in [3.8, 4) is 0 Å². The third kappa shape index (κ3) is 26.5. The van der Waals surface area contributed by atoms with Crippen LogP contribution in [0.3, 0.4) is 0 Å². The van der Waals surface area contributed by atoms with Crippen molar-refractivity contribution in [2.75, 3.05) is 6.54 Å². The Morgan fingerprint density at radius 2 is 0.931 bits per heavy atom. The van der Waals surface area contributed by atoms with E-state index in [1.165, 1.54) is 77.0 Å². The third-order valence-corrected chi connectivity index (χ3v) is 4.64. The van der Waals surface area contributed by atoms with E-state index < -0.39 is 12.1 Å². The quantitative estimate of drug-likeness (QED) is 0.0926. The number of carboxylic acid groups (broad SMARTS) is 2. The number of aliphatic carboxylic acids is 1. The largest absolute Gasteiger partial charge is 0.481 e. The highest BCUT2D eigenvalue weighted by molar-refractivity contribution is 5.66. The number of nitrogens with one attached hydrogen (secondary N) is 6. The monoisotopic (exact) mass is 418 g/mol. The highest BCUT2D eigenvalue weighted by Gasteiger charge is 1.97. The van der Waals surface area contributed by atoms with Crippen LogP contribution in [0.15, 0.2) is 0 Å². The summed E-state index contributed by atoms with van der Waals surface area (Å²) in [6, 6.07) is 0. The molecule has 0 aliphatic carbocycles. The molecule has 0 saturated heterocycles. The summed E-state index contributed by atoms with van der Waals surface area (Å²) in [5.41, 5.74) is 14.7. The normalized spacial score (nSPS) is 10.9. The average Bonchev–Trinajstić information content (AvgIpc) is 2.68. The number of unbranched alkanes of at least 4 members (excludes halogenated alkanes) is 14. The van der Waals surface area contributed by atoms with Crippen LogP contribution in [0.1, 0.15) is 103 Å². The van der Waals surface area contributed by atoms with E-state index in [4.69, 9.17) is 10.2 Å². The van der Waals surface area contributed by atoms with Gasteiger partial charge in [0.05, 0.1) is 0 Å². The second kappa shape index (κ2) is 22.8. The second-order valence-corrected chi connectivity index (χ2v) is 7.30. The van der Waals surface area contributed by atoms with Crippen LogP contribution in [0.25, 0.3) is 0 Å². The predicted molar refractivity (Wildman–Crippen MR) is 113 cm³/mol. The topological polar surface area (TPSA) is 147 Å². The minimum atomic E-state index is -1.18. The fraction of sp³-hybridized carbons (Fsp3) is 0.895. The van der Waals surface area contributed by atoms with Crippen molar-refractivity contribution >= 4 is 12.1 Å². The van der Waals surface area contributed by atoms with Crippen molar-refractivity contribution in [2.45, 2.75) is 103 Å². The van der Waals surface area contributed by atoms with Gasteiger partial charge >= 0.3 is 12.1 Å². The first-order valence-corrected chi connectivity index (χ1v) is 11.1. The lowest BCUT2D eigenvalue weighted by Crippen LogP contribution is -2.59. The van der Waals surface area contributed by atoms with Gasteiger partial charge in [-0.3, -0.25) is 4.79 Å². The van der Waals surface area contributed by atoms with Gasteiger partial charge in [-0.2, -0.15) is 22.1 Å². The Kier molecular flexibility index (Phi) is 21.7. The molecule has 0 spiro atoms. The highest BCUT2D eigenvalue weighted by atomic mass is 16.4. The molecule has 29 heavy (non-hydrogen) atoms. The molecule has 0 saturated carbocycles. The van der Waals surface area contributed by atoms with Gasteiger partial charge in [0.15, 0.2) is 0 Å². The zero-order valence-electron chi connectivity index (χ0n) is 17.7. The van der Waals surface area contributed by atoms with Gasteiger partial charge in [0.1, 0.15) is 0 Å². The molecule has 0 heterocycles. The number of rotatable bonds is 23. The maximum atomic E-state index is 10.4. The van der Waals surface area contributed by atoms with Gasteiger partial charge in [0.25, 0.3) is 0 Å². The standard InChI is InChI=1S/C19H42N6O4/c26-18(27)16-14-12-10-8-6-4-2-1-3-5-7-9-11-13-15-17-20-22-24-25-23-21-19(28)29/h20-25H,1-17H2,(H,26,27)(H,28,29). The van der Waals surface area contributed by atoms with Crippen LogP contribution in [0.2, 0.25) is 0 Å². The maximum Gasteiger partial charge on any atom is 0.420 e. The van der Waals surface area contributed by atoms with Crippen LogP contribution in [0.5, 0.6) is 0 Å². The molecule has 0 aromatic heterocycles. The number of carbonyl (C=O) groups is 2. The first-order chi connectivity index (χ1) is 14.1. The van der Waals surface area contributed by atoms with E-state index in [0.29, 0.717) is 6.42 Å². The van der Waals surface area contributed by atoms with Crippen molar-refractivity contribution in [2.24, 2.45) is 0 Å². The van der Waals surface area contributed by atoms with E-state index >= 15 is 0 Å². The Morgan fingerprint density at radius 3 is 1.38 bits per heavy atom. The van der Waals surface area contributed by atoms with Crippen LogP contribution in [-0.4, -0.2) is 28.8 Å². The Hall–Kier alpha value is -1.46. The lowest BCUT2D eigenvalue weighted by molar-refractivity contribution is -0.137. The zero-order valence-corrected chi connectivity index (χ0v) is 17.7. The molecular weight excluding hydrogens is 376 g/mol. The van der Waals surface area contributed by atoms with Gasteiger partial charge in [-0.1, -0.05) is 83.5 Å². The highest BCUT2D eigenvalue weighted by Crippen LogP contribution is 2.13. The van der Waals surface area contributed by atoms with Crippen molar-refractivity contribution < 1.29 is 19.8 Å². The molecule has 0 aliphatic rings. The average molecular weight is 419 g/mol. The molecule has 0 atom stereocenters. The second-order valence-electron chi connectivity index (χ2n) is 7.30. The van der Waals surface area contributed by atoms with Crippen LogP contribution in [0, 0.1) is 0 Å². The molecule has 0 rings (SSSR count). The lowest BCUT2D eigenvalue weighted by Gasteiger charge is -2.10. The fourth-order valence-corrected chi connectivity index (χ4v) is 3.04. The van der Waals surface area contributed by atoms with Crippen LogP contribution >= 0.6 is 0 Å². The summed E-state index contributed by atoms with van der Waals surface area (Å²) in [5, 5.41) is 16.9. The first-order valence-electron chi connectivity index (χ1n) is 11.1. The molecule has 8 N–H and O–H groups in total. The Labute approximate surface area is 174 Å². The summed E-state index contributed by atoms with van der Waals surface area (Å²) in [6.45, 7) is 0.834. The maximum absolute atomic E-state index is 10.4. The molecule has 10 nitrogen and oxygen atoms in total. The predicted octanol–water partition coefficient (Wildman–Crippen LogP) is 3.10. The smallest absolute Gasteiger partial charge is 0.420 e. The molecule has 0 radical (unpaired) electrons. The van der Waals surface area contributed by atoms with Gasteiger partial charge in [-0.25, -0.2) is 15.6 Å². The van der Waals surface area contributed by atoms with Crippen molar-refractivity contribution in [3.63, 3.8) is 0 Å². The molecule has 0 unspecified atom stereocenters. The number of amides is 1. The first kappa shape index (κ1) is 27.5. The summed E-state index contributed by atoms with van der Waals surface area (Å²) in [7, 11) is 0. The number of carboxylic acids is 1. The van der Waals surface area contributed by atoms with E-state index in [1.54, 1.807) is 0 Å². The molecule has 0 aromatic rings. The number of hydrogen-bond acceptors (Lipinski definition) is 7. The molecule has 0 aliphatic heterocycles. The summed E-state index contributed by atoms with van der Waals surface area (Å²) in [6.07, 6.45) is 17.6. The van der Waals surface area contributed by atoms with Crippen LogP contribution in [-0.2, 0) is 4.79 Å². The Balaban J connectivity index is 3.01. The molecule has 1 amide bonds. The SMILES string of the molecule is O=C(O)CCCCCCCCCCCCCCCCCNNNNNNC(=O)O. The molecular formula is C19H42N6O4. The minimum absolute atomic E-state index is 0.316. The van der Waals surface area contributed by atoms with Gasteiger partial charge < -0.3 is 10.2 Å². The van der Waals surface area contributed by atoms with Gasteiger partial charge in [0.2, 0.25) is 0 Å². The lowest BCUT2D eigenvalue weighted by atomic mass is 10.0. The molecule has 172 valence electrons.